The fourth-order valence-electron chi connectivity index (χ4n) is 2.67. The van der Waals surface area contributed by atoms with Gasteiger partial charge in [0.2, 0.25) is 0 Å². The number of para-hydroxylation sites is 1. The highest BCUT2D eigenvalue weighted by Gasteiger charge is 2.18. The van der Waals surface area contributed by atoms with Crippen LogP contribution in [0.4, 0.5) is 0 Å². The molecule has 26 heavy (non-hydrogen) atoms. The van der Waals surface area contributed by atoms with E-state index in [9.17, 15) is 9.59 Å². The number of esters is 1. The Labute approximate surface area is 147 Å². The molecule has 0 fully saturated rings. The summed E-state index contributed by atoms with van der Waals surface area (Å²) < 4.78 is 15.7. The largest absolute Gasteiger partial charge is 0.497 e. The maximum Gasteiger partial charge on any atom is 0.351 e. The van der Waals surface area contributed by atoms with E-state index in [1.165, 1.54) is 13.2 Å². The molecule has 0 unspecified atom stereocenters. The molecule has 6 heteroatoms. The van der Waals surface area contributed by atoms with Gasteiger partial charge >= 0.3 is 11.6 Å². The number of hydrogen-bond acceptors (Lipinski definition) is 6. The first-order valence-corrected chi connectivity index (χ1v) is 7.83. The van der Waals surface area contributed by atoms with Gasteiger partial charge in [0.15, 0.2) is 5.75 Å². The molecule has 0 aliphatic carbocycles. The minimum Gasteiger partial charge on any atom is -0.497 e. The highest BCUT2D eigenvalue weighted by atomic mass is 16.5. The van der Waals surface area contributed by atoms with Crippen LogP contribution in [0, 0.1) is 0 Å². The second-order valence-corrected chi connectivity index (χ2v) is 5.57. The summed E-state index contributed by atoms with van der Waals surface area (Å²) in [5.74, 6) is 0.0368. The quantitative estimate of drug-likeness (QED) is 0.320. The van der Waals surface area contributed by atoms with Crippen LogP contribution in [-0.2, 0) is 0 Å². The van der Waals surface area contributed by atoms with E-state index < -0.39 is 11.6 Å². The first-order valence-electron chi connectivity index (χ1n) is 7.83. The molecule has 0 saturated carbocycles. The Morgan fingerprint density at radius 1 is 1.04 bits per heavy atom. The van der Waals surface area contributed by atoms with Crippen molar-refractivity contribution in [3.63, 3.8) is 0 Å². The highest BCUT2D eigenvalue weighted by molar-refractivity contribution is 5.96. The van der Waals surface area contributed by atoms with Crippen molar-refractivity contribution in [1.82, 2.24) is 4.98 Å². The molecule has 6 nitrogen and oxygen atoms in total. The Balaban J connectivity index is 1.74. The van der Waals surface area contributed by atoms with Crippen LogP contribution < -0.4 is 15.1 Å². The Morgan fingerprint density at radius 3 is 2.73 bits per heavy atom. The number of carbonyl (C=O) groups excluding carboxylic acids is 1. The zero-order valence-electron chi connectivity index (χ0n) is 13.8. The van der Waals surface area contributed by atoms with Gasteiger partial charge in [0.05, 0.1) is 7.11 Å². The lowest BCUT2D eigenvalue weighted by Gasteiger charge is -2.07. The van der Waals surface area contributed by atoms with Crippen LogP contribution in [0.1, 0.15) is 10.4 Å². The number of rotatable bonds is 3. The van der Waals surface area contributed by atoms with Gasteiger partial charge in [-0.2, -0.15) is 0 Å². The van der Waals surface area contributed by atoms with E-state index in [1.54, 1.807) is 42.6 Å². The van der Waals surface area contributed by atoms with Crippen LogP contribution in [0.2, 0.25) is 0 Å². The molecule has 0 atom stereocenters. The van der Waals surface area contributed by atoms with Crippen molar-refractivity contribution in [1.29, 1.82) is 0 Å². The fourth-order valence-corrected chi connectivity index (χ4v) is 2.67. The molecule has 2 aromatic carbocycles. The van der Waals surface area contributed by atoms with E-state index in [2.05, 4.69) is 4.98 Å². The third kappa shape index (κ3) is 2.77. The molecule has 4 rings (SSSR count). The molecule has 2 aromatic heterocycles. The van der Waals surface area contributed by atoms with Crippen LogP contribution in [0.25, 0.3) is 21.9 Å². The predicted octanol–water partition coefficient (Wildman–Crippen LogP) is 3.57. The number of carbonyl (C=O) groups is 1. The Kier molecular flexibility index (Phi) is 3.85. The minimum atomic E-state index is -0.797. The van der Waals surface area contributed by atoms with Gasteiger partial charge in [0, 0.05) is 23.0 Å². The molecule has 4 aromatic rings. The molecule has 0 saturated heterocycles. The minimum absolute atomic E-state index is 0.185. The zero-order chi connectivity index (χ0) is 18.1. The number of benzene rings is 2. The Hall–Kier alpha value is -3.67. The summed E-state index contributed by atoms with van der Waals surface area (Å²) in [7, 11) is 1.52. The first-order chi connectivity index (χ1) is 12.7. The predicted molar refractivity (Wildman–Crippen MR) is 95.7 cm³/mol. The molecule has 0 aliphatic heterocycles. The molecule has 0 N–H and O–H groups in total. The summed E-state index contributed by atoms with van der Waals surface area (Å²) in [5.41, 5.74) is -0.0875. The van der Waals surface area contributed by atoms with Gasteiger partial charge in [-0.05, 0) is 30.3 Å². The lowest BCUT2D eigenvalue weighted by molar-refractivity contribution is 0.0732. The number of aromatic nitrogens is 1. The van der Waals surface area contributed by atoms with E-state index in [4.69, 9.17) is 13.9 Å². The number of fused-ring (bicyclic) bond motifs is 2. The van der Waals surface area contributed by atoms with Gasteiger partial charge in [-0.1, -0.05) is 18.2 Å². The summed E-state index contributed by atoms with van der Waals surface area (Å²) in [6.07, 6.45) is 1.61. The number of hydrogen-bond donors (Lipinski definition) is 0. The monoisotopic (exact) mass is 347 g/mol. The van der Waals surface area contributed by atoms with E-state index in [0.29, 0.717) is 22.2 Å². The molecule has 0 spiro atoms. The number of pyridine rings is 1. The summed E-state index contributed by atoms with van der Waals surface area (Å²) in [6, 6.07) is 15.3. The van der Waals surface area contributed by atoms with Crippen molar-refractivity contribution < 1.29 is 18.7 Å². The topological polar surface area (TPSA) is 78.6 Å². The summed E-state index contributed by atoms with van der Waals surface area (Å²) in [6.45, 7) is 0. The Bertz CT molecular complexity index is 1190. The highest BCUT2D eigenvalue weighted by Crippen LogP contribution is 2.24. The standard InChI is InChI=1S/C20H13NO5/c1-24-14-8-7-13-10-15(20(23)26-17(13)11-14)19(22)25-16-6-2-4-12-5-3-9-21-18(12)16/h2-11H,1H3. The van der Waals surface area contributed by atoms with Crippen molar-refractivity contribution in [2.45, 2.75) is 0 Å². The number of nitrogens with zero attached hydrogens (tertiary/aromatic N) is 1. The Morgan fingerprint density at radius 2 is 1.88 bits per heavy atom. The lowest BCUT2D eigenvalue weighted by atomic mass is 10.1. The molecule has 2 heterocycles. The summed E-state index contributed by atoms with van der Waals surface area (Å²) >= 11 is 0. The fraction of sp³-hybridized carbons (Fsp3) is 0.0500. The van der Waals surface area contributed by atoms with Crippen molar-refractivity contribution in [2.75, 3.05) is 7.11 Å². The molecule has 0 amide bonds. The molecular formula is C20H13NO5. The third-order valence-corrected chi connectivity index (χ3v) is 3.96. The van der Waals surface area contributed by atoms with Gasteiger partial charge in [0.25, 0.3) is 0 Å². The molecule has 0 bridgehead atoms. The van der Waals surface area contributed by atoms with Crippen LogP contribution >= 0.6 is 0 Å². The molecule has 128 valence electrons. The second kappa shape index (κ2) is 6.33. The van der Waals surface area contributed by atoms with E-state index in [-0.39, 0.29) is 11.3 Å². The molecular weight excluding hydrogens is 334 g/mol. The second-order valence-electron chi connectivity index (χ2n) is 5.57. The number of ether oxygens (including phenoxy) is 2. The average Bonchev–Trinajstić information content (AvgIpc) is 2.67. The van der Waals surface area contributed by atoms with Crippen molar-refractivity contribution in [2.24, 2.45) is 0 Å². The van der Waals surface area contributed by atoms with Crippen LogP contribution in [0.3, 0.4) is 0 Å². The van der Waals surface area contributed by atoms with Crippen molar-refractivity contribution in [3.05, 3.63) is 76.8 Å². The van der Waals surface area contributed by atoms with Crippen LogP contribution in [-0.4, -0.2) is 18.1 Å². The van der Waals surface area contributed by atoms with Gasteiger partial charge in [0.1, 0.15) is 22.4 Å². The van der Waals surface area contributed by atoms with Gasteiger partial charge < -0.3 is 13.9 Å². The van der Waals surface area contributed by atoms with Gasteiger partial charge in [-0.15, -0.1) is 0 Å². The maximum atomic E-state index is 12.5. The summed E-state index contributed by atoms with van der Waals surface area (Å²) in [4.78, 5) is 28.9. The maximum absolute atomic E-state index is 12.5. The van der Waals surface area contributed by atoms with E-state index in [0.717, 1.165) is 5.39 Å². The smallest absolute Gasteiger partial charge is 0.351 e. The lowest BCUT2D eigenvalue weighted by Crippen LogP contribution is -2.18. The molecule has 0 radical (unpaired) electrons. The van der Waals surface area contributed by atoms with E-state index in [1.807, 2.05) is 12.1 Å². The summed E-state index contributed by atoms with van der Waals surface area (Å²) in [5, 5.41) is 1.42. The van der Waals surface area contributed by atoms with Crippen LogP contribution in [0.15, 0.2) is 70.0 Å². The van der Waals surface area contributed by atoms with E-state index >= 15 is 0 Å². The zero-order valence-corrected chi connectivity index (χ0v) is 13.8. The van der Waals surface area contributed by atoms with Gasteiger partial charge in [-0.3, -0.25) is 4.98 Å². The third-order valence-electron chi connectivity index (χ3n) is 3.96. The van der Waals surface area contributed by atoms with Gasteiger partial charge in [-0.25, -0.2) is 9.59 Å². The van der Waals surface area contributed by atoms with Crippen molar-refractivity contribution >= 4 is 27.8 Å². The molecule has 0 aliphatic rings. The van der Waals surface area contributed by atoms with Crippen molar-refractivity contribution in [3.8, 4) is 11.5 Å². The average molecular weight is 347 g/mol. The SMILES string of the molecule is COc1ccc2cc(C(=O)Oc3cccc4cccnc34)c(=O)oc2c1. The first kappa shape index (κ1) is 15.8. The normalized spacial score (nSPS) is 10.8. The van der Waals surface area contributed by atoms with Crippen LogP contribution in [0.5, 0.6) is 11.5 Å². The number of methoxy groups -OCH3 is 1.